The fraction of sp³-hybridized carbons (Fsp3) is 0.167. The van der Waals surface area contributed by atoms with E-state index in [1.165, 1.54) is 0 Å². The zero-order valence-corrected chi connectivity index (χ0v) is 17.7. The van der Waals surface area contributed by atoms with Gasteiger partial charge in [-0.05, 0) is 68.6 Å². The number of benzene rings is 1. The number of pyridine rings is 1. The van der Waals surface area contributed by atoms with Crippen molar-refractivity contribution in [1.82, 2.24) is 4.57 Å². The molecule has 0 spiro atoms. The van der Waals surface area contributed by atoms with Gasteiger partial charge in [0.15, 0.2) is 0 Å². The van der Waals surface area contributed by atoms with Crippen molar-refractivity contribution in [3.8, 4) is 21.8 Å². The van der Waals surface area contributed by atoms with Crippen LogP contribution in [0.1, 0.15) is 13.3 Å². The fourth-order valence-electron chi connectivity index (χ4n) is 2.64. The number of hydrogen-bond donors (Lipinski definition) is 0. The van der Waals surface area contributed by atoms with Crippen LogP contribution in [-0.4, -0.2) is 4.57 Å². The molecule has 2 heterocycles. The van der Waals surface area contributed by atoms with E-state index in [1.54, 1.807) is 11.3 Å². The van der Waals surface area contributed by atoms with E-state index >= 15 is 0 Å². The zero-order chi connectivity index (χ0) is 16.4. The van der Waals surface area contributed by atoms with Crippen LogP contribution < -0.4 is 5.43 Å². The molecule has 0 saturated carbocycles. The minimum absolute atomic E-state index is 0.126. The summed E-state index contributed by atoms with van der Waals surface area (Å²) in [5.41, 5.74) is 3.30. The monoisotopic (exact) mass is 547 g/mol. The van der Waals surface area contributed by atoms with E-state index < -0.39 is 0 Å². The molecule has 0 amide bonds. The first-order valence-electron chi connectivity index (χ1n) is 7.36. The van der Waals surface area contributed by atoms with Crippen molar-refractivity contribution in [1.29, 1.82) is 0 Å². The summed E-state index contributed by atoms with van der Waals surface area (Å²) in [5, 5.41) is 2.06. The molecule has 0 aliphatic carbocycles. The highest BCUT2D eigenvalue weighted by Crippen LogP contribution is 2.34. The van der Waals surface area contributed by atoms with Gasteiger partial charge >= 0.3 is 0 Å². The normalized spacial score (nSPS) is 10.9. The minimum Gasteiger partial charge on any atom is -0.338 e. The van der Waals surface area contributed by atoms with E-state index in [0.717, 1.165) is 41.9 Å². The lowest BCUT2D eigenvalue weighted by molar-refractivity contribution is 0.683. The Morgan fingerprint density at radius 3 is 2.30 bits per heavy atom. The Morgan fingerprint density at radius 2 is 1.70 bits per heavy atom. The first-order valence-corrected chi connectivity index (χ1v) is 10.4. The summed E-state index contributed by atoms with van der Waals surface area (Å²) in [5.74, 6) is 0. The fourth-order valence-corrected chi connectivity index (χ4v) is 5.85. The third kappa shape index (κ3) is 3.28. The summed E-state index contributed by atoms with van der Waals surface area (Å²) in [6, 6.07) is 14.3. The van der Waals surface area contributed by atoms with Crippen LogP contribution in [-0.2, 0) is 6.54 Å². The second-order valence-electron chi connectivity index (χ2n) is 5.15. The molecule has 0 atom stereocenters. The van der Waals surface area contributed by atoms with Crippen LogP contribution in [0.3, 0.4) is 0 Å². The van der Waals surface area contributed by atoms with Gasteiger partial charge in [0.25, 0.3) is 0 Å². The molecule has 1 aromatic carbocycles. The Balaban J connectivity index is 2.41. The average Bonchev–Trinajstić information content (AvgIpc) is 3.08. The number of thiophene rings is 1. The third-order valence-electron chi connectivity index (χ3n) is 3.60. The second kappa shape index (κ2) is 7.48. The maximum absolute atomic E-state index is 12.8. The van der Waals surface area contributed by atoms with E-state index in [1.807, 2.05) is 24.3 Å². The number of nitrogens with zero attached hydrogens (tertiary/aromatic N) is 1. The summed E-state index contributed by atoms with van der Waals surface area (Å²) in [6.45, 7) is 3.06. The van der Waals surface area contributed by atoms with Gasteiger partial charge in [0, 0.05) is 6.54 Å². The Labute approximate surface area is 166 Å². The maximum Gasteiger partial charge on any atom is 0.209 e. The topological polar surface area (TPSA) is 22.0 Å². The molecule has 2 nitrogen and oxygen atoms in total. The number of aromatic nitrogens is 1. The first-order chi connectivity index (χ1) is 11.1. The standard InChI is InChI=1S/C18H15I2NOS/c1-2-10-21-16(12-7-4-3-5-8-12)14(19)18(22)15(20)17(21)13-9-6-11-23-13/h3-9,11H,2,10H2,1H3. The highest BCUT2D eigenvalue weighted by Gasteiger charge is 2.21. The van der Waals surface area contributed by atoms with Gasteiger partial charge in [-0.1, -0.05) is 43.3 Å². The lowest BCUT2D eigenvalue weighted by Crippen LogP contribution is -2.20. The number of rotatable bonds is 4. The Bertz CT molecular complexity index is 870. The summed E-state index contributed by atoms with van der Waals surface area (Å²) in [6.07, 6.45) is 1.02. The van der Waals surface area contributed by atoms with Gasteiger partial charge in [-0.15, -0.1) is 11.3 Å². The van der Waals surface area contributed by atoms with Crippen LogP contribution in [0.15, 0.2) is 52.6 Å². The Hall–Kier alpha value is -0.670. The largest absolute Gasteiger partial charge is 0.338 e. The number of hydrogen-bond acceptors (Lipinski definition) is 2. The lowest BCUT2D eigenvalue weighted by Gasteiger charge is -2.21. The van der Waals surface area contributed by atoms with Crippen LogP contribution in [0, 0.1) is 7.14 Å². The molecule has 0 aliphatic rings. The van der Waals surface area contributed by atoms with Crippen molar-refractivity contribution in [2.75, 3.05) is 0 Å². The molecule has 0 unspecified atom stereocenters. The van der Waals surface area contributed by atoms with E-state index in [0.29, 0.717) is 0 Å². The van der Waals surface area contributed by atoms with E-state index in [4.69, 9.17) is 0 Å². The van der Waals surface area contributed by atoms with Gasteiger partial charge in [0.1, 0.15) is 0 Å². The Morgan fingerprint density at radius 1 is 1.00 bits per heavy atom. The lowest BCUT2D eigenvalue weighted by atomic mass is 10.1. The SMILES string of the molecule is CCCn1c(-c2ccccc2)c(I)c(=O)c(I)c1-c1cccs1. The highest BCUT2D eigenvalue weighted by atomic mass is 127. The van der Waals surface area contributed by atoms with Crippen LogP contribution in [0.2, 0.25) is 0 Å². The van der Waals surface area contributed by atoms with Gasteiger partial charge in [0.05, 0.1) is 23.4 Å². The van der Waals surface area contributed by atoms with E-state index in [2.05, 4.69) is 80.3 Å². The van der Waals surface area contributed by atoms with Gasteiger partial charge in [-0.2, -0.15) is 0 Å². The molecule has 5 heteroatoms. The molecule has 0 radical (unpaired) electrons. The molecule has 0 aliphatic heterocycles. The smallest absolute Gasteiger partial charge is 0.209 e. The third-order valence-corrected chi connectivity index (χ3v) is 6.48. The zero-order valence-electron chi connectivity index (χ0n) is 12.6. The molecule has 0 saturated heterocycles. The molecular weight excluding hydrogens is 532 g/mol. The predicted octanol–water partition coefficient (Wildman–Crippen LogP) is 5.86. The van der Waals surface area contributed by atoms with Crippen molar-refractivity contribution in [2.24, 2.45) is 0 Å². The Kier molecular flexibility index (Phi) is 5.58. The van der Waals surface area contributed by atoms with Crippen LogP contribution in [0.5, 0.6) is 0 Å². The molecule has 0 fully saturated rings. The molecule has 0 bridgehead atoms. The highest BCUT2D eigenvalue weighted by molar-refractivity contribution is 14.1. The minimum atomic E-state index is 0.126. The van der Waals surface area contributed by atoms with Gasteiger partial charge in [0.2, 0.25) is 5.43 Å². The van der Waals surface area contributed by atoms with Gasteiger partial charge < -0.3 is 4.57 Å². The van der Waals surface area contributed by atoms with Crippen LogP contribution in [0.25, 0.3) is 21.8 Å². The summed E-state index contributed by atoms with van der Waals surface area (Å²) < 4.78 is 3.92. The van der Waals surface area contributed by atoms with Gasteiger partial charge in [-0.25, -0.2) is 0 Å². The molecule has 118 valence electrons. The van der Waals surface area contributed by atoms with Crippen LogP contribution in [0.4, 0.5) is 0 Å². The van der Waals surface area contributed by atoms with Crippen molar-refractivity contribution < 1.29 is 0 Å². The number of halogens is 2. The molecule has 3 aromatic rings. The van der Waals surface area contributed by atoms with Gasteiger partial charge in [-0.3, -0.25) is 4.79 Å². The van der Waals surface area contributed by atoms with E-state index in [-0.39, 0.29) is 5.43 Å². The van der Waals surface area contributed by atoms with Crippen molar-refractivity contribution >= 4 is 56.5 Å². The average molecular weight is 547 g/mol. The quantitative estimate of drug-likeness (QED) is 0.375. The maximum atomic E-state index is 12.8. The molecule has 23 heavy (non-hydrogen) atoms. The molecule has 0 N–H and O–H groups in total. The summed E-state index contributed by atoms with van der Waals surface area (Å²) in [7, 11) is 0. The van der Waals surface area contributed by atoms with Crippen molar-refractivity contribution in [2.45, 2.75) is 19.9 Å². The summed E-state index contributed by atoms with van der Waals surface area (Å²) in [4.78, 5) is 14.0. The van der Waals surface area contributed by atoms with Crippen LogP contribution >= 0.6 is 56.5 Å². The van der Waals surface area contributed by atoms with Crippen molar-refractivity contribution in [3.05, 3.63) is 65.2 Å². The van der Waals surface area contributed by atoms with E-state index in [9.17, 15) is 4.79 Å². The second-order valence-corrected chi connectivity index (χ2v) is 8.25. The molecular formula is C18H15I2NOS. The summed E-state index contributed by atoms with van der Waals surface area (Å²) >= 11 is 6.08. The van der Waals surface area contributed by atoms with Crippen molar-refractivity contribution in [3.63, 3.8) is 0 Å². The first kappa shape index (κ1) is 17.2. The molecule has 3 rings (SSSR count). The molecule has 2 aromatic heterocycles. The predicted molar refractivity (Wildman–Crippen MR) is 115 cm³/mol.